The summed E-state index contributed by atoms with van der Waals surface area (Å²) >= 11 is 0. The molecule has 0 fully saturated rings. The molecule has 2 nitrogen and oxygen atoms in total. The van der Waals surface area contributed by atoms with Crippen LogP contribution in [-0.2, 0) is 0 Å². The van der Waals surface area contributed by atoms with Crippen molar-refractivity contribution in [1.29, 1.82) is 0 Å². The molecule has 3 heteroatoms. The van der Waals surface area contributed by atoms with Crippen LogP contribution in [0.4, 0.5) is 5.82 Å². The van der Waals surface area contributed by atoms with Crippen molar-refractivity contribution in [2.75, 3.05) is 5.73 Å². The van der Waals surface area contributed by atoms with Crippen molar-refractivity contribution in [1.82, 2.24) is 4.98 Å². The first-order valence-corrected chi connectivity index (χ1v) is 3.41. The van der Waals surface area contributed by atoms with Gasteiger partial charge in [-0.3, -0.25) is 0 Å². The molecule has 1 heterocycles. The zero-order valence-electron chi connectivity index (χ0n) is 6.33. The number of hydrogen-bond acceptors (Lipinski definition) is 2. The van der Waals surface area contributed by atoms with Crippen molar-refractivity contribution in [2.24, 2.45) is 0 Å². The molecule has 1 aromatic rings. The summed E-state index contributed by atoms with van der Waals surface area (Å²) in [5.74, 6) is 0.603. The molecule has 0 aliphatic carbocycles. The van der Waals surface area contributed by atoms with Crippen LogP contribution < -0.4 is 11.2 Å². The Morgan fingerprint density at radius 3 is 2.60 bits per heavy atom. The molecule has 2 N–H and O–H groups in total. The Balaban J connectivity index is 2.96. The van der Waals surface area contributed by atoms with Crippen LogP contribution in [0.3, 0.4) is 0 Å². The summed E-state index contributed by atoms with van der Waals surface area (Å²) in [5, 5.41) is 0. The van der Waals surface area contributed by atoms with Crippen LogP contribution in [0, 0.1) is 0 Å². The van der Waals surface area contributed by atoms with E-state index in [-0.39, 0.29) is 0 Å². The van der Waals surface area contributed by atoms with Crippen LogP contribution in [0.5, 0.6) is 0 Å². The lowest BCUT2D eigenvalue weighted by atomic mass is 9.49. The second-order valence-corrected chi connectivity index (χ2v) is 2.67. The molecular weight excluding hydrogens is 123 g/mol. The number of anilines is 1. The highest BCUT2D eigenvalue weighted by molar-refractivity contribution is 6.70. The first-order valence-electron chi connectivity index (χ1n) is 3.41. The summed E-state index contributed by atoms with van der Waals surface area (Å²) < 4.78 is 0. The fraction of sp³-hybridized carbons (Fsp3) is 0.286. The van der Waals surface area contributed by atoms with E-state index in [1.807, 2.05) is 12.1 Å². The van der Waals surface area contributed by atoms with Gasteiger partial charge in [0.15, 0.2) is 6.71 Å². The van der Waals surface area contributed by atoms with E-state index in [2.05, 4.69) is 18.6 Å². The quantitative estimate of drug-likeness (QED) is 0.572. The van der Waals surface area contributed by atoms with Crippen molar-refractivity contribution in [3.05, 3.63) is 18.3 Å². The van der Waals surface area contributed by atoms with Crippen molar-refractivity contribution in [3.8, 4) is 0 Å². The van der Waals surface area contributed by atoms with E-state index in [0.717, 1.165) is 0 Å². The molecule has 0 radical (unpaired) electrons. The second kappa shape index (κ2) is 2.73. The van der Waals surface area contributed by atoms with Crippen LogP contribution in [-0.4, -0.2) is 11.7 Å². The molecule has 0 saturated heterocycles. The number of rotatable bonds is 1. The minimum Gasteiger partial charge on any atom is -0.384 e. The van der Waals surface area contributed by atoms with Gasteiger partial charge < -0.3 is 5.73 Å². The van der Waals surface area contributed by atoms with E-state index in [9.17, 15) is 0 Å². The van der Waals surface area contributed by atoms with E-state index in [0.29, 0.717) is 12.5 Å². The van der Waals surface area contributed by atoms with E-state index in [1.54, 1.807) is 6.20 Å². The summed E-state index contributed by atoms with van der Waals surface area (Å²) in [6, 6.07) is 3.89. The third-order valence-corrected chi connectivity index (χ3v) is 1.47. The van der Waals surface area contributed by atoms with Gasteiger partial charge in [-0.15, -0.1) is 0 Å². The fourth-order valence-electron chi connectivity index (χ4n) is 0.825. The second-order valence-electron chi connectivity index (χ2n) is 2.67. The van der Waals surface area contributed by atoms with E-state index in [4.69, 9.17) is 5.73 Å². The highest BCUT2D eigenvalue weighted by Gasteiger charge is 2.01. The molecule has 0 aliphatic heterocycles. The molecule has 52 valence electrons. The molecule has 0 unspecified atom stereocenters. The van der Waals surface area contributed by atoms with Gasteiger partial charge in [0, 0.05) is 6.20 Å². The maximum Gasteiger partial charge on any atom is 0.169 e. The molecule has 0 aliphatic rings. The fourth-order valence-corrected chi connectivity index (χ4v) is 0.825. The monoisotopic (exact) mass is 134 g/mol. The molecule has 0 bridgehead atoms. The Morgan fingerprint density at radius 1 is 1.50 bits per heavy atom. The lowest BCUT2D eigenvalue weighted by molar-refractivity contribution is 1.35. The van der Waals surface area contributed by atoms with Gasteiger partial charge in [-0.1, -0.05) is 19.1 Å². The van der Waals surface area contributed by atoms with Gasteiger partial charge in [-0.2, -0.15) is 0 Å². The minimum atomic E-state index is 0.533. The Morgan fingerprint density at radius 2 is 2.20 bits per heavy atom. The van der Waals surface area contributed by atoms with Crippen molar-refractivity contribution in [3.63, 3.8) is 0 Å². The lowest BCUT2D eigenvalue weighted by Crippen LogP contribution is -2.22. The number of nitrogens with two attached hydrogens (primary N) is 1. The molecule has 0 saturated carbocycles. The molecule has 10 heavy (non-hydrogen) atoms. The molecule has 0 spiro atoms. The molecule has 0 atom stereocenters. The predicted molar refractivity (Wildman–Crippen MR) is 45.8 cm³/mol. The number of hydrogen-bond donors (Lipinski definition) is 1. The summed E-state index contributed by atoms with van der Waals surface area (Å²) in [4.78, 5) is 3.90. The lowest BCUT2D eigenvalue weighted by Gasteiger charge is -2.00. The number of pyridine rings is 1. The highest BCUT2D eigenvalue weighted by atomic mass is 14.8. The molecule has 1 aromatic heterocycles. The van der Waals surface area contributed by atoms with Crippen LogP contribution in [0.2, 0.25) is 13.6 Å². The molecular formula is C7H11BN2. The predicted octanol–water partition coefficient (Wildman–Crippen LogP) is 0.625. The van der Waals surface area contributed by atoms with E-state index >= 15 is 0 Å². The maximum absolute atomic E-state index is 5.49. The first-order chi connectivity index (χ1) is 4.70. The Bertz CT molecular complexity index is 223. The minimum absolute atomic E-state index is 0.533. The van der Waals surface area contributed by atoms with E-state index < -0.39 is 0 Å². The van der Waals surface area contributed by atoms with Gasteiger partial charge in [-0.05, 0) is 12.1 Å². The van der Waals surface area contributed by atoms with Crippen LogP contribution >= 0.6 is 0 Å². The van der Waals surface area contributed by atoms with Crippen LogP contribution in [0.25, 0.3) is 0 Å². The number of nitrogens with zero attached hydrogens (tertiary/aromatic N) is 1. The zero-order chi connectivity index (χ0) is 7.56. The maximum atomic E-state index is 5.49. The third-order valence-electron chi connectivity index (χ3n) is 1.47. The largest absolute Gasteiger partial charge is 0.384 e. The van der Waals surface area contributed by atoms with Gasteiger partial charge >= 0.3 is 0 Å². The Kier molecular flexibility index (Phi) is 1.95. The highest BCUT2D eigenvalue weighted by Crippen LogP contribution is 1.92. The summed E-state index contributed by atoms with van der Waals surface area (Å²) in [5.41, 5.74) is 6.73. The van der Waals surface area contributed by atoms with Crippen LogP contribution in [0.15, 0.2) is 18.3 Å². The summed E-state index contributed by atoms with van der Waals surface area (Å²) in [7, 11) is 0. The average Bonchev–Trinajstić information content (AvgIpc) is 1.88. The molecule has 0 aromatic carbocycles. The van der Waals surface area contributed by atoms with E-state index in [1.165, 1.54) is 5.46 Å². The van der Waals surface area contributed by atoms with Gasteiger partial charge in [0.25, 0.3) is 0 Å². The van der Waals surface area contributed by atoms with Crippen LogP contribution in [0.1, 0.15) is 0 Å². The van der Waals surface area contributed by atoms with Gasteiger partial charge in [0.2, 0.25) is 0 Å². The van der Waals surface area contributed by atoms with Crippen molar-refractivity contribution in [2.45, 2.75) is 13.6 Å². The van der Waals surface area contributed by atoms with Crippen molar-refractivity contribution >= 4 is 18.0 Å². The van der Waals surface area contributed by atoms with Gasteiger partial charge in [-0.25, -0.2) is 4.98 Å². The third kappa shape index (κ3) is 1.50. The average molecular weight is 134 g/mol. The number of nitrogen functional groups attached to an aromatic ring is 1. The molecule has 1 rings (SSSR count). The van der Waals surface area contributed by atoms with Gasteiger partial charge in [0.1, 0.15) is 5.82 Å². The smallest absolute Gasteiger partial charge is 0.169 e. The number of aromatic nitrogens is 1. The summed E-state index contributed by atoms with van der Waals surface area (Å²) in [6.45, 7) is 4.80. The zero-order valence-corrected chi connectivity index (χ0v) is 6.33. The topological polar surface area (TPSA) is 38.9 Å². The molecule has 0 amide bonds. The Labute approximate surface area is 61.5 Å². The SMILES string of the molecule is CB(C)c1ccnc(N)c1. The van der Waals surface area contributed by atoms with Crippen molar-refractivity contribution < 1.29 is 0 Å². The standard InChI is InChI=1S/C7H11BN2/c1-8(2)6-3-4-10-7(9)5-6/h3-5H,1-2H3,(H2,9,10). The normalized spacial score (nSPS) is 9.40. The Hall–Kier alpha value is -0.985. The summed E-state index contributed by atoms with van der Waals surface area (Å²) in [6.07, 6.45) is 1.74. The first kappa shape index (κ1) is 7.13. The van der Waals surface area contributed by atoms with Gasteiger partial charge in [0.05, 0.1) is 0 Å².